The van der Waals surface area contributed by atoms with Crippen LogP contribution in [0.4, 0.5) is 0 Å². The second-order valence-electron chi connectivity index (χ2n) is 25.9. The minimum Gasteiger partial charge on any atom is -0.463 e. The van der Waals surface area contributed by atoms with Gasteiger partial charge < -0.3 is 123 Å². The van der Waals surface area contributed by atoms with Gasteiger partial charge in [0.1, 0.15) is 75.3 Å². The maximum Gasteiger partial charge on any atom is 0.338 e. The lowest BCUT2D eigenvalue weighted by molar-refractivity contribution is -0.363. The third-order valence-corrected chi connectivity index (χ3v) is 16.6. The number of carbonyl (C=O) groups is 16. The summed E-state index contributed by atoms with van der Waals surface area (Å²) in [6.07, 6.45) is -47.8. The van der Waals surface area contributed by atoms with Crippen LogP contribution < -0.4 is 0 Å². The smallest absolute Gasteiger partial charge is 0.338 e. The van der Waals surface area contributed by atoms with E-state index >= 15 is 0 Å². The van der Waals surface area contributed by atoms with Gasteiger partial charge in [-0.2, -0.15) is 0 Å². The molecule has 42 nitrogen and oxygen atoms in total. The van der Waals surface area contributed by atoms with E-state index in [2.05, 4.69) is 0 Å². The molecule has 0 aliphatic carbocycles. The third-order valence-electron chi connectivity index (χ3n) is 16.6. The Morgan fingerprint density at radius 2 is 0.517 bits per heavy atom. The fourth-order valence-electron chi connectivity index (χ4n) is 12.4. The third kappa shape index (κ3) is 28.5. The molecule has 0 unspecified atom stereocenters. The summed E-state index contributed by atoms with van der Waals surface area (Å²) in [5.41, 5.74) is -0.354. The van der Waals surface area contributed by atoms with Crippen LogP contribution in [0.25, 0.3) is 0 Å². The Morgan fingerprint density at radius 3 is 0.767 bits per heavy atom. The Kier molecular flexibility index (Phi) is 35.5. The molecular weight excluding hydrogens is 1560 g/mol. The quantitative estimate of drug-likeness (QED) is 0.0665. The molecular formula is C74H94O42. The van der Waals surface area contributed by atoms with Crippen molar-refractivity contribution in [2.45, 2.75) is 244 Å². The molecule has 0 bridgehead atoms. The maximum absolute atomic E-state index is 14.6. The van der Waals surface area contributed by atoms with Crippen LogP contribution in [0, 0.1) is 0 Å². The van der Waals surface area contributed by atoms with Gasteiger partial charge in [0, 0.05) is 111 Å². The van der Waals surface area contributed by atoms with Crippen molar-refractivity contribution in [1.82, 2.24) is 0 Å². The van der Waals surface area contributed by atoms with E-state index in [1.807, 2.05) is 0 Å². The Balaban J connectivity index is 1.52. The molecule has 4 aliphatic heterocycles. The molecule has 42 heteroatoms. The van der Waals surface area contributed by atoms with Gasteiger partial charge in [0.2, 0.25) is 0 Å². The van der Waals surface area contributed by atoms with E-state index in [1.54, 1.807) is 0 Å². The van der Waals surface area contributed by atoms with Crippen LogP contribution in [0.1, 0.15) is 120 Å². The topological polar surface area (TPSA) is 513 Å². The summed E-state index contributed by atoms with van der Waals surface area (Å²) in [6, 6.07) is 14.0. The summed E-state index contributed by atoms with van der Waals surface area (Å²) in [5.74, 6) is -17.1. The fraction of sp³-hybridized carbons (Fsp3) is 0.622. The number of hydrogen-bond acceptors (Lipinski definition) is 42. The Hall–Kier alpha value is -10.4. The molecule has 0 N–H and O–H groups in total. The molecule has 4 heterocycles. The highest BCUT2D eigenvalue weighted by molar-refractivity contribution is 5.90. The van der Waals surface area contributed by atoms with Crippen molar-refractivity contribution in [3.05, 3.63) is 71.8 Å². The molecule has 0 amide bonds. The summed E-state index contributed by atoms with van der Waals surface area (Å²) >= 11 is 0. The minimum absolute atomic E-state index is 0.177. The molecule has 6 rings (SSSR count). The molecule has 24 atom stereocenters. The molecule has 0 radical (unpaired) electrons. The highest BCUT2D eigenvalue weighted by Gasteiger charge is 2.61. The lowest BCUT2D eigenvalue weighted by Crippen LogP contribution is -2.67. The van der Waals surface area contributed by atoms with E-state index in [-0.39, 0.29) is 11.1 Å². The van der Waals surface area contributed by atoms with Gasteiger partial charge in [-0.1, -0.05) is 36.4 Å². The van der Waals surface area contributed by atoms with Gasteiger partial charge in [-0.3, -0.25) is 67.1 Å². The molecule has 4 fully saturated rings. The van der Waals surface area contributed by atoms with E-state index < -0.39 is 297 Å². The van der Waals surface area contributed by atoms with Crippen molar-refractivity contribution in [3.8, 4) is 0 Å². The van der Waals surface area contributed by atoms with Crippen molar-refractivity contribution in [2.24, 2.45) is 0 Å². The Bertz CT molecular complexity index is 3550. The van der Waals surface area contributed by atoms with E-state index in [0.29, 0.717) is 0 Å². The molecule has 0 aromatic heterocycles. The van der Waals surface area contributed by atoms with Crippen LogP contribution in [0.5, 0.6) is 0 Å². The lowest BCUT2D eigenvalue weighted by atomic mass is 9.95. The van der Waals surface area contributed by atoms with Crippen molar-refractivity contribution in [1.29, 1.82) is 0 Å². The zero-order chi connectivity index (χ0) is 87.4. The molecule has 2 aromatic carbocycles. The normalized spacial score (nSPS) is 28.1. The van der Waals surface area contributed by atoms with Crippen LogP contribution in [-0.2, 0) is 190 Å². The van der Waals surface area contributed by atoms with E-state index in [1.165, 1.54) is 60.7 Å². The highest BCUT2D eigenvalue weighted by atomic mass is 16.8. The molecule has 4 saturated heterocycles. The van der Waals surface area contributed by atoms with Crippen LogP contribution in [0.3, 0.4) is 0 Å². The number of carbonyl (C=O) groups excluding carboxylic acids is 16. The first kappa shape index (κ1) is 91.1. The largest absolute Gasteiger partial charge is 0.463 e. The molecule has 2 aromatic rings. The van der Waals surface area contributed by atoms with Gasteiger partial charge in [0.05, 0.1) is 27.1 Å². The van der Waals surface area contributed by atoms with Crippen molar-refractivity contribution in [3.63, 3.8) is 0 Å². The highest BCUT2D eigenvalue weighted by Crippen LogP contribution is 2.39. The van der Waals surface area contributed by atoms with Crippen molar-refractivity contribution >= 4 is 95.5 Å². The first-order valence-corrected chi connectivity index (χ1v) is 35.5. The molecule has 0 saturated carbocycles. The Morgan fingerprint density at radius 1 is 0.293 bits per heavy atom. The summed E-state index contributed by atoms with van der Waals surface area (Å²) in [4.78, 5) is 210. The molecule has 642 valence electrons. The zero-order valence-electron chi connectivity index (χ0n) is 67.4. The minimum atomic E-state index is -2.18. The van der Waals surface area contributed by atoms with Crippen LogP contribution in [-0.4, -0.2) is 297 Å². The maximum atomic E-state index is 14.6. The van der Waals surface area contributed by atoms with Crippen LogP contribution in [0.2, 0.25) is 0 Å². The van der Waals surface area contributed by atoms with Gasteiger partial charge in [-0.05, 0) is 24.3 Å². The van der Waals surface area contributed by atoms with Gasteiger partial charge in [-0.25, -0.2) is 9.59 Å². The average Bonchev–Trinajstić information content (AvgIpc) is 0.766. The predicted octanol–water partition coefficient (Wildman–Crippen LogP) is 0.740. The summed E-state index contributed by atoms with van der Waals surface area (Å²) in [7, 11) is -2.28. The first-order chi connectivity index (χ1) is 55.8. The van der Waals surface area contributed by atoms with E-state index in [0.717, 1.165) is 96.9 Å². The van der Waals surface area contributed by atoms with E-state index in [9.17, 15) is 76.7 Å². The Labute approximate surface area is 665 Å². The van der Waals surface area contributed by atoms with Gasteiger partial charge in [0.25, 0.3) is 0 Å². The lowest BCUT2D eigenvalue weighted by Gasteiger charge is -2.49. The number of esters is 16. The van der Waals surface area contributed by atoms with Crippen LogP contribution in [0.15, 0.2) is 60.7 Å². The number of ether oxygens (including phenoxy) is 26. The monoisotopic (exact) mass is 1660 g/mol. The van der Waals surface area contributed by atoms with Crippen molar-refractivity contribution < 1.29 is 203 Å². The van der Waals surface area contributed by atoms with Gasteiger partial charge in [0.15, 0.2) is 98.4 Å². The number of methoxy groups -OCH3 is 2. The number of benzene rings is 2. The number of rotatable bonds is 37. The fourth-order valence-corrected chi connectivity index (χ4v) is 12.4. The van der Waals surface area contributed by atoms with E-state index in [4.69, 9.17) is 126 Å². The molecule has 4 aliphatic rings. The second-order valence-corrected chi connectivity index (χ2v) is 25.9. The standard InChI is InChI=1S/C74H94O42/c1-33(75)93-27-51-57(99-37(5)79)61(101-39(7)81)67(107-45(13)87)73(113-51)115-59-53(29-95-35(3)77)111-71(65(105-43(11)85)63(59)103-41(9)83)97-31-49(109-69(89)47-23-19-17-20-24-47)55(91-15)56(92-16)50(110-70(90)48-25-21-18-22-26-48)32-98-72-66(106-44(12)86)64(104-42(10)84)60(54(112-72)30-96-36(4)78)116-74-68(108-46(14)88)62(102-40(8)82)58(100-38(6)80)52(114-74)28-94-34(2)76/h17-26,49-68,71-74H,27-32H2,1-16H3/t49-,50-,51-,52-,53-,54-,55-,56-,57+,58+,59-,60-,61+,62+,63+,64+,65-,66-,67-,68-,71-,72-,73+,74+/m1/s1/i15D,16D. The SMILES string of the molecule is [2H]CO[C@@H]([C@H](OC[2H])[C@@H](CO[C@@H]1O[C@H](COC(C)=O)[C@@H](O[C@@H]2O[C@H](COC(C)=O)[C@H](OC(C)=O)[C@H](OC(C)=O)[C@H]2OC(C)=O)[C@H](OC(C)=O)[C@H]1OC(C)=O)OC(=O)c1ccccc1)[C@@H](CO[C@@H]1O[C@H](COC(C)=O)[C@@H](O[C@@H]2O[C@H](COC(C)=O)[C@H](OC(C)=O)[C@H](OC(C)=O)[C@H]2OC(C)=O)[C@H](OC(C)=O)[C@H]1OC(C)=O)OC(=O)c1ccccc1. The summed E-state index contributed by atoms with van der Waals surface area (Å²) in [6.45, 7) is 7.43. The van der Waals surface area contributed by atoms with Crippen LogP contribution >= 0.6 is 0 Å². The zero-order valence-corrected chi connectivity index (χ0v) is 65.4. The summed E-state index contributed by atoms with van der Waals surface area (Å²) < 4.78 is 171. The van der Waals surface area contributed by atoms with Gasteiger partial charge >= 0.3 is 95.5 Å². The second kappa shape index (κ2) is 45.2. The first-order valence-electron chi connectivity index (χ1n) is 37.0. The summed E-state index contributed by atoms with van der Waals surface area (Å²) in [5, 5.41) is 0. The average molecular weight is 1660 g/mol. The van der Waals surface area contributed by atoms with Gasteiger partial charge in [-0.15, -0.1) is 0 Å². The number of hydrogen-bond donors (Lipinski definition) is 0. The molecule has 116 heavy (non-hydrogen) atoms. The van der Waals surface area contributed by atoms with Crippen molar-refractivity contribution in [2.75, 3.05) is 53.8 Å². The predicted molar refractivity (Wildman–Crippen MR) is 371 cm³/mol. The molecule has 0 spiro atoms.